The van der Waals surface area contributed by atoms with Gasteiger partial charge in [0.05, 0.1) is 0 Å². The van der Waals surface area contributed by atoms with Crippen molar-refractivity contribution in [3.8, 4) is 0 Å². The first-order valence-corrected chi connectivity index (χ1v) is 2.68. The molecule has 0 aliphatic carbocycles. The van der Waals surface area contributed by atoms with E-state index in [0.717, 1.165) is 5.84 Å². The van der Waals surface area contributed by atoms with Crippen molar-refractivity contribution >= 4 is 5.84 Å². The monoisotopic (exact) mass is 132 g/mol. The molecule has 0 fully saturated rings. The third-order valence-electron chi connectivity index (χ3n) is 0.661. The number of hydrogen-bond donors (Lipinski definition) is 3. The van der Waals surface area contributed by atoms with Crippen LogP contribution in [0.25, 0.3) is 0 Å². The highest BCUT2D eigenvalue weighted by Gasteiger charge is 1.86. The maximum atomic E-state index is 5.04. The van der Waals surface area contributed by atoms with Crippen LogP contribution in [0, 0.1) is 0 Å². The van der Waals surface area contributed by atoms with Crippen LogP contribution in [0.5, 0.6) is 0 Å². The Labute approximate surface area is 56.1 Å². The highest BCUT2D eigenvalue weighted by Crippen LogP contribution is 1.83. The lowest BCUT2D eigenvalue weighted by atomic mass is 10.4. The first-order valence-electron chi connectivity index (χ1n) is 2.68. The van der Waals surface area contributed by atoms with Gasteiger partial charge in [-0.15, -0.1) is 0 Å². The third-order valence-corrected chi connectivity index (χ3v) is 0.661. The van der Waals surface area contributed by atoms with Crippen molar-refractivity contribution in [2.45, 2.75) is 26.8 Å². The van der Waals surface area contributed by atoms with E-state index >= 15 is 0 Å². The number of nitrogens with two attached hydrogens (primary N) is 1. The van der Waals surface area contributed by atoms with Crippen LogP contribution < -0.4 is 17.4 Å². The quantitative estimate of drug-likeness (QED) is 0.209. The molecule has 9 heavy (non-hydrogen) atoms. The second-order valence-electron chi connectivity index (χ2n) is 1.95. The Balaban J connectivity index is 0. The minimum atomic E-state index is 0. The summed E-state index contributed by atoms with van der Waals surface area (Å²) in [5, 5.41) is 0. The average Bonchev–Trinajstić information content (AvgIpc) is 1.65. The maximum Gasteiger partial charge on any atom is 0.107 e. The van der Waals surface area contributed by atoms with E-state index in [1.54, 1.807) is 0 Å². The van der Waals surface area contributed by atoms with E-state index in [2.05, 4.69) is 10.4 Å². The minimum absolute atomic E-state index is 0. The molecular formula is C5H16N4. The molecule has 0 amide bonds. The fourth-order valence-electron chi connectivity index (χ4n) is 0.425. The van der Waals surface area contributed by atoms with Crippen molar-refractivity contribution in [3.63, 3.8) is 0 Å². The first-order chi connectivity index (χ1) is 3.66. The molecule has 0 spiro atoms. The summed E-state index contributed by atoms with van der Waals surface area (Å²) >= 11 is 0. The van der Waals surface area contributed by atoms with E-state index in [9.17, 15) is 0 Å². The average molecular weight is 132 g/mol. The molecule has 0 atom stereocenters. The lowest BCUT2D eigenvalue weighted by molar-refractivity contribution is 0.818. The fourth-order valence-corrected chi connectivity index (χ4v) is 0.425. The summed E-state index contributed by atoms with van der Waals surface area (Å²) < 4.78 is 0. The summed E-state index contributed by atoms with van der Waals surface area (Å²) in [6.07, 6.45) is 0. The fraction of sp³-hybridized carbons (Fsp3) is 0.800. The molecule has 56 valence electrons. The van der Waals surface area contributed by atoms with Gasteiger partial charge in [-0.1, -0.05) is 0 Å². The molecule has 0 bridgehead atoms. The molecule has 0 aliphatic rings. The largest absolute Gasteiger partial charge is 0.344 e. The third kappa shape index (κ3) is 7.39. The van der Waals surface area contributed by atoms with Crippen LogP contribution in [-0.2, 0) is 0 Å². The second kappa shape index (κ2) is 5.53. The number of aliphatic imine (C=N–C) groups is 1. The Morgan fingerprint density at radius 2 is 2.00 bits per heavy atom. The van der Waals surface area contributed by atoms with Gasteiger partial charge in [0.15, 0.2) is 0 Å². The van der Waals surface area contributed by atoms with Gasteiger partial charge in [-0.3, -0.25) is 4.99 Å². The number of amidine groups is 1. The van der Waals surface area contributed by atoms with Crippen molar-refractivity contribution < 1.29 is 0 Å². The molecule has 0 saturated carbocycles. The van der Waals surface area contributed by atoms with Crippen LogP contribution in [-0.4, -0.2) is 11.9 Å². The van der Waals surface area contributed by atoms with Gasteiger partial charge in [-0.25, -0.2) is 5.84 Å². The Morgan fingerprint density at radius 3 is 2.11 bits per heavy atom. The van der Waals surface area contributed by atoms with Crippen molar-refractivity contribution in [2.75, 3.05) is 0 Å². The molecular weight excluding hydrogens is 116 g/mol. The van der Waals surface area contributed by atoms with Gasteiger partial charge in [0, 0.05) is 6.04 Å². The molecule has 0 aromatic carbocycles. The van der Waals surface area contributed by atoms with E-state index in [-0.39, 0.29) is 6.15 Å². The summed E-state index contributed by atoms with van der Waals surface area (Å²) in [6, 6.07) is 0.325. The molecule has 0 aliphatic heterocycles. The molecule has 0 rings (SSSR count). The van der Waals surface area contributed by atoms with Crippen LogP contribution in [0.15, 0.2) is 4.99 Å². The Morgan fingerprint density at radius 1 is 1.56 bits per heavy atom. The molecule has 0 unspecified atom stereocenters. The van der Waals surface area contributed by atoms with Crippen LogP contribution in [0.4, 0.5) is 0 Å². The zero-order valence-corrected chi connectivity index (χ0v) is 6.31. The van der Waals surface area contributed by atoms with Gasteiger partial charge >= 0.3 is 0 Å². The number of nitrogens with zero attached hydrogens (tertiary/aromatic N) is 1. The van der Waals surface area contributed by atoms with E-state index in [0.29, 0.717) is 6.04 Å². The molecule has 0 aromatic heterocycles. The Bertz CT molecular complexity index is 87.0. The number of rotatable bonds is 1. The van der Waals surface area contributed by atoms with E-state index in [1.165, 1.54) is 0 Å². The number of nitrogens with one attached hydrogen (secondary N) is 1. The standard InChI is InChI=1S/C5H13N3.H3N/c1-4(2)7-5(3)8-6;/h4H,6H2,1-3H3,(H,7,8);1H3. The Kier molecular flexibility index (Phi) is 6.89. The topological polar surface area (TPSA) is 85.4 Å². The SMILES string of the molecule is CC(=NC(C)C)NN.N. The molecule has 0 heterocycles. The van der Waals surface area contributed by atoms with Gasteiger partial charge in [0.1, 0.15) is 5.84 Å². The summed E-state index contributed by atoms with van der Waals surface area (Å²) in [6.45, 7) is 5.84. The van der Waals surface area contributed by atoms with Gasteiger partial charge in [0.2, 0.25) is 0 Å². The smallest absolute Gasteiger partial charge is 0.107 e. The molecule has 6 N–H and O–H groups in total. The molecule has 4 nitrogen and oxygen atoms in total. The van der Waals surface area contributed by atoms with Gasteiger partial charge in [0.25, 0.3) is 0 Å². The van der Waals surface area contributed by atoms with Crippen molar-refractivity contribution in [3.05, 3.63) is 0 Å². The first kappa shape index (κ1) is 11.2. The molecule has 0 aromatic rings. The molecule has 0 saturated heterocycles. The van der Waals surface area contributed by atoms with Crippen LogP contribution >= 0.6 is 0 Å². The summed E-state index contributed by atoms with van der Waals surface area (Å²) in [4.78, 5) is 4.08. The van der Waals surface area contributed by atoms with Crippen LogP contribution in [0.3, 0.4) is 0 Å². The predicted molar refractivity (Wildman–Crippen MR) is 40.6 cm³/mol. The van der Waals surface area contributed by atoms with Gasteiger partial charge in [-0.05, 0) is 20.8 Å². The van der Waals surface area contributed by atoms with Crippen molar-refractivity contribution in [1.29, 1.82) is 0 Å². The Hall–Kier alpha value is -0.610. The minimum Gasteiger partial charge on any atom is -0.344 e. The second-order valence-corrected chi connectivity index (χ2v) is 1.95. The van der Waals surface area contributed by atoms with Gasteiger partial charge < -0.3 is 11.6 Å². The maximum absolute atomic E-state index is 5.04. The summed E-state index contributed by atoms with van der Waals surface area (Å²) in [7, 11) is 0. The normalized spacial score (nSPS) is 11.0. The highest BCUT2D eigenvalue weighted by atomic mass is 15.2. The summed E-state index contributed by atoms with van der Waals surface area (Å²) in [5.41, 5.74) is 2.45. The zero-order chi connectivity index (χ0) is 6.57. The van der Waals surface area contributed by atoms with Gasteiger partial charge in [-0.2, -0.15) is 0 Å². The van der Waals surface area contributed by atoms with E-state index in [1.807, 2.05) is 20.8 Å². The lowest BCUT2D eigenvalue weighted by Crippen LogP contribution is -2.28. The number of hydrogen-bond acceptors (Lipinski definition) is 3. The highest BCUT2D eigenvalue weighted by molar-refractivity contribution is 5.78. The molecule has 4 heteroatoms. The summed E-state index contributed by atoms with van der Waals surface area (Å²) in [5.74, 6) is 5.82. The van der Waals surface area contributed by atoms with Crippen molar-refractivity contribution in [2.24, 2.45) is 10.8 Å². The van der Waals surface area contributed by atoms with Crippen molar-refractivity contribution in [1.82, 2.24) is 11.6 Å². The van der Waals surface area contributed by atoms with E-state index < -0.39 is 0 Å². The van der Waals surface area contributed by atoms with E-state index in [4.69, 9.17) is 5.84 Å². The van der Waals surface area contributed by atoms with Crippen LogP contribution in [0.2, 0.25) is 0 Å². The lowest BCUT2D eigenvalue weighted by Gasteiger charge is -1.99. The zero-order valence-electron chi connectivity index (χ0n) is 6.31. The number of hydrazine groups is 1. The predicted octanol–water partition coefficient (Wildman–Crippen LogP) is 0.439. The van der Waals surface area contributed by atoms with Crippen LogP contribution in [0.1, 0.15) is 20.8 Å². The molecule has 0 radical (unpaired) electrons.